The molecule has 0 spiro atoms. The summed E-state index contributed by atoms with van der Waals surface area (Å²) in [5, 5.41) is 0. The molecule has 4 heteroatoms. The summed E-state index contributed by atoms with van der Waals surface area (Å²) in [6.45, 7) is 10.3. The molecule has 1 unspecified atom stereocenters. The molecule has 1 aliphatic heterocycles. The number of aromatic amines is 1. The Bertz CT molecular complexity index is 600. The molecule has 0 saturated carbocycles. The zero-order valence-corrected chi connectivity index (χ0v) is 13.7. The Morgan fingerprint density at radius 1 is 1.27 bits per heavy atom. The predicted molar refractivity (Wildman–Crippen MR) is 88.6 cm³/mol. The number of imidazole rings is 1. The number of benzene rings is 1. The lowest BCUT2D eigenvalue weighted by atomic mass is 9.95. The molecule has 0 bridgehead atoms. The summed E-state index contributed by atoms with van der Waals surface area (Å²) in [7, 11) is 0. The average Bonchev–Trinajstić information content (AvgIpc) is 2.97. The molecular weight excluding hydrogens is 274 g/mol. The minimum atomic E-state index is 0.213. The second kappa shape index (κ2) is 6.23. The van der Waals surface area contributed by atoms with E-state index in [1.54, 1.807) is 0 Å². The van der Waals surface area contributed by atoms with Crippen LogP contribution in [0.4, 0.5) is 0 Å². The molecule has 1 aromatic carbocycles. The van der Waals surface area contributed by atoms with Crippen LogP contribution in [0.2, 0.25) is 0 Å². The minimum Gasteiger partial charge on any atom is -0.378 e. The van der Waals surface area contributed by atoms with Gasteiger partial charge in [0.05, 0.1) is 31.1 Å². The maximum Gasteiger partial charge on any atom is 0.126 e. The number of nitrogens with zero attached hydrogens (tertiary/aromatic N) is 2. The Morgan fingerprint density at radius 3 is 2.77 bits per heavy atom. The summed E-state index contributed by atoms with van der Waals surface area (Å²) in [6.07, 6.45) is 1.93. The van der Waals surface area contributed by atoms with Gasteiger partial charge in [-0.1, -0.05) is 51.1 Å². The molecular formula is C18H25N3O. The summed E-state index contributed by atoms with van der Waals surface area (Å²) < 4.78 is 5.69. The lowest BCUT2D eigenvalue weighted by Gasteiger charge is -2.38. The fraction of sp³-hybridized carbons (Fsp3) is 0.500. The predicted octanol–water partition coefficient (Wildman–Crippen LogP) is 3.50. The van der Waals surface area contributed by atoms with Gasteiger partial charge in [0.25, 0.3) is 0 Å². The van der Waals surface area contributed by atoms with E-state index in [0.29, 0.717) is 6.61 Å². The van der Waals surface area contributed by atoms with Crippen molar-refractivity contribution in [3.05, 3.63) is 42.4 Å². The second-order valence-corrected chi connectivity index (χ2v) is 7.17. The standard InChI is InChI=1S/C18H25N3O/c1-18(2,3)13-21-9-10-22-12-16(21)17-19-11-15(20-17)14-7-5-4-6-8-14/h4-8,11,16H,9-10,12-13H2,1-3H3,(H,19,20). The van der Waals surface area contributed by atoms with Gasteiger partial charge in [-0.05, 0) is 11.0 Å². The number of nitrogens with one attached hydrogen (secondary N) is 1. The van der Waals surface area contributed by atoms with E-state index in [-0.39, 0.29) is 11.5 Å². The van der Waals surface area contributed by atoms with Crippen molar-refractivity contribution in [1.29, 1.82) is 0 Å². The van der Waals surface area contributed by atoms with Crippen molar-refractivity contribution in [3.63, 3.8) is 0 Å². The largest absolute Gasteiger partial charge is 0.378 e. The van der Waals surface area contributed by atoms with Crippen molar-refractivity contribution in [2.45, 2.75) is 26.8 Å². The van der Waals surface area contributed by atoms with E-state index in [0.717, 1.165) is 31.2 Å². The Balaban J connectivity index is 1.81. The number of hydrogen-bond donors (Lipinski definition) is 1. The highest BCUT2D eigenvalue weighted by molar-refractivity contribution is 5.58. The SMILES string of the molecule is CC(C)(C)CN1CCOCC1c1ncc(-c2ccccc2)[nH]1. The molecule has 2 heterocycles. The fourth-order valence-electron chi connectivity index (χ4n) is 2.96. The number of aromatic nitrogens is 2. The van der Waals surface area contributed by atoms with Gasteiger partial charge in [0.1, 0.15) is 5.82 Å². The maximum atomic E-state index is 5.69. The van der Waals surface area contributed by atoms with Gasteiger partial charge >= 0.3 is 0 Å². The third kappa shape index (κ3) is 3.57. The Hall–Kier alpha value is -1.65. The van der Waals surface area contributed by atoms with E-state index in [1.807, 2.05) is 24.4 Å². The third-order valence-electron chi connectivity index (χ3n) is 3.91. The summed E-state index contributed by atoms with van der Waals surface area (Å²) >= 11 is 0. The summed E-state index contributed by atoms with van der Waals surface area (Å²) in [4.78, 5) is 10.6. The highest BCUT2D eigenvalue weighted by atomic mass is 16.5. The van der Waals surface area contributed by atoms with Crippen molar-refractivity contribution in [3.8, 4) is 11.3 Å². The molecule has 1 aliphatic rings. The van der Waals surface area contributed by atoms with Crippen molar-refractivity contribution < 1.29 is 4.74 Å². The first-order chi connectivity index (χ1) is 10.5. The van der Waals surface area contributed by atoms with Gasteiger partial charge in [0, 0.05) is 13.1 Å². The molecule has 1 aromatic heterocycles. The van der Waals surface area contributed by atoms with Crippen molar-refractivity contribution in [2.24, 2.45) is 5.41 Å². The van der Waals surface area contributed by atoms with Crippen LogP contribution in [0.15, 0.2) is 36.5 Å². The molecule has 0 amide bonds. The maximum absolute atomic E-state index is 5.69. The number of H-pyrrole nitrogens is 1. The second-order valence-electron chi connectivity index (χ2n) is 7.17. The normalized spacial score (nSPS) is 20.2. The zero-order chi connectivity index (χ0) is 15.6. The van der Waals surface area contributed by atoms with Gasteiger partial charge in [-0.15, -0.1) is 0 Å². The summed E-state index contributed by atoms with van der Waals surface area (Å²) in [5.74, 6) is 1.00. The molecule has 22 heavy (non-hydrogen) atoms. The van der Waals surface area contributed by atoms with Gasteiger partial charge < -0.3 is 9.72 Å². The van der Waals surface area contributed by atoms with Crippen LogP contribution < -0.4 is 0 Å². The quantitative estimate of drug-likeness (QED) is 0.943. The van der Waals surface area contributed by atoms with E-state index in [9.17, 15) is 0 Å². The Morgan fingerprint density at radius 2 is 2.05 bits per heavy atom. The monoisotopic (exact) mass is 299 g/mol. The third-order valence-corrected chi connectivity index (χ3v) is 3.91. The molecule has 118 valence electrons. The number of morpholine rings is 1. The van der Waals surface area contributed by atoms with E-state index >= 15 is 0 Å². The summed E-state index contributed by atoms with van der Waals surface area (Å²) in [5.41, 5.74) is 2.50. The van der Waals surface area contributed by atoms with Gasteiger partial charge in [0.15, 0.2) is 0 Å². The lowest BCUT2D eigenvalue weighted by molar-refractivity contribution is -0.0246. The molecule has 1 fully saturated rings. The fourth-order valence-corrected chi connectivity index (χ4v) is 2.96. The number of ether oxygens (including phenoxy) is 1. The van der Waals surface area contributed by atoms with Gasteiger partial charge in [0.2, 0.25) is 0 Å². The van der Waals surface area contributed by atoms with Crippen LogP contribution in [0.1, 0.15) is 32.6 Å². The first-order valence-corrected chi connectivity index (χ1v) is 7.95. The molecule has 1 atom stereocenters. The smallest absolute Gasteiger partial charge is 0.126 e. The molecule has 3 rings (SSSR count). The topological polar surface area (TPSA) is 41.1 Å². The highest BCUT2D eigenvalue weighted by Gasteiger charge is 2.29. The Kier molecular flexibility index (Phi) is 4.32. The molecule has 1 N–H and O–H groups in total. The number of hydrogen-bond acceptors (Lipinski definition) is 3. The van der Waals surface area contributed by atoms with Crippen molar-refractivity contribution in [2.75, 3.05) is 26.3 Å². The van der Waals surface area contributed by atoms with Crippen LogP contribution in [0.25, 0.3) is 11.3 Å². The summed E-state index contributed by atoms with van der Waals surface area (Å²) in [6, 6.07) is 10.5. The van der Waals surface area contributed by atoms with Crippen LogP contribution >= 0.6 is 0 Å². The van der Waals surface area contributed by atoms with Crippen LogP contribution in [-0.2, 0) is 4.74 Å². The van der Waals surface area contributed by atoms with E-state index in [2.05, 4.69) is 47.8 Å². The van der Waals surface area contributed by atoms with Gasteiger partial charge in [-0.2, -0.15) is 0 Å². The average molecular weight is 299 g/mol. The van der Waals surface area contributed by atoms with Gasteiger partial charge in [-0.25, -0.2) is 4.98 Å². The first kappa shape index (κ1) is 15.3. The molecule has 4 nitrogen and oxygen atoms in total. The van der Waals surface area contributed by atoms with E-state index < -0.39 is 0 Å². The van der Waals surface area contributed by atoms with Crippen LogP contribution in [0.5, 0.6) is 0 Å². The van der Waals surface area contributed by atoms with Crippen LogP contribution in [0, 0.1) is 5.41 Å². The van der Waals surface area contributed by atoms with Gasteiger partial charge in [-0.3, -0.25) is 4.90 Å². The molecule has 0 radical (unpaired) electrons. The van der Waals surface area contributed by atoms with Crippen molar-refractivity contribution in [1.82, 2.24) is 14.9 Å². The molecule has 1 saturated heterocycles. The van der Waals surface area contributed by atoms with Crippen LogP contribution in [0.3, 0.4) is 0 Å². The lowest BCUT2D eigenvalue weighted by Crippen LogP contribution is -2.44. The number of rotatable bonds is 3. The Labute approximate surface area is 132 Å². The molecule has 0 aliphatic carbocycles. The van der Waals surface area contributed by atoms with Crippen molar-refractivity contribution >= 4 is 0 Å². The first-order valence-electron chi connectivity index (χ1n) is 7.95. The van der Waals surface area contributed by atoms with E-state index in [1.165, 1.54) is 5.56 Å². The van der Waals surface area contributed by atoms with Crippen LogP contribution in [-0.4, -0.2) is 41.2 Å². The minimum absolute atomic E-state index is 0.213. The molecule has 2 aromatic rings. The highest BCUT2D eigenvalue weighted by Crippen LogP contribution is 2.28. The zero-order valence-electron chi connectivity index (χ0n) is 13.7. The van der Waals surface area contributed by atoms with E-state index in [4.69, 9.17) is 4.74 Å².